The van der Waals surface area contributed by atoms with Crippen LogP contribution in [0.1, 0.15) is 34.1 Å². The van der Waals surface area contributed by atoms with E-state index in [2.05, 4.69) is 5.32 Å². The van der Waals surface area contributed by atoms with Crippen molar-refractivity contribution in [3.05, 3.63) is 46.3 Å². The molecule has 0 atom stereocenters. The number of hydrogen-bond donors (Lipinski definition) is 2. The van der Waals surface area contributed by atoms with Gasteiger partial charge in [-0.15, -0.1) is 23.1 Å². The van der Waals surface area contributed by atoms with Gasteiger partial charge in [-0.3, -0.25) is 14.4 Å². The van der Waals surface area contributed by atoms with Gasteiger partial charge in [0.05, 0.1) is 24.2 Å². The van der Waals surface area contributed by atoms with Crippen molar-refractivity contribution >= 4 is 45.8 Å². The summed E-state index contributed by atoms with van der Waals surface area (Å²) in [5, 5.41) is 11.9. The second kappa shape index (κ2) is 10.1. The molecule has 0 aliphatic rings. The summed E-state index contributed by atoms with van der Waals surface area (Å²) in [7, 11) is 1.56. The zero-order chi connectivity index (χ0) is 19.8. The summed E-state index contributed by atoms with van der Waals surface area (Å²) in [6.45, 7) is 2.05. The molecule has 0 spiro atoms. The number of amides is 1. The van der Waals surface area contributed by atoms with Crippen LogP contribution in [-0.4, -0.2) is 41.4 Å². The average molecular weight is 408 g/mol. The van der Waals surface area contributed by atoms with Crippen molar-refractivity contribution in [3.8, 4) is 5.75 Å². The number of carboxylic acid groups (broad SMARTS) is 1. The Kier molecular flexibility index (Phi) is 7.87. The summed E-state index contributed by atoms with van der Waals surface area (Å²) in [4.78, 5) is 36.6. The lowest BCUT2D eigenvalue weighted by atomic mass is 10.0. The van der Waals surface area contributed by atoms with Crippen molar-refractivity contribution in [2.45, 2.75) is 19.8 Å². The first-order valence-corrected chi connectivity index (χ1v) is 10.3. The molecule has 1 aromatic carbocycles. The smallest absolute Gasteiger partial charge is 0.313 e. The molecule has 0 saturated heterocycles. The molecular weight excluding hydrogens is 386 g/mol. The molecule has 0 aliphatic carbocycles. The Morgan fingerprint density at radius 1 is 1.19 bits per heavy atom. The van der Waals surface area contributed by atoms with Crippen LogP contribution in [0.3, 0.4) is 0 Å². The molecular formula is C19H21NO5S2. The number of aliphatic carboxylic acids is 1. The number of thiophene rings is 1. The van der Waals surface area contributed by atoms with Gasteiger partial charge in [-0.25, -0.2) is 0 Å². The fourth-order valence-corrected chi connectivity index (χ4v) is 4.07. The number of nitrogens with one attached hydrogen (secondary N) is 1. The Morgan fingerprint density at radius 2 is 1.89 bits per heavy atom. The van der Waals surface area contributed by atoms with E-state index in [-0.39, 0.29) is 23.2 Å². The van der Waals surface area contributed by atoms with E-state index in [0.717, 1.165) is 29.5 Å². The number of benzene rings is 1. The van der Waals surface area contributed by atoms with Gasteiger partial charge in [0.25, 0.3) is 0 Å². The van der Waals surface area contributed by atoms with Gasteiger partial charge in [-0.2, -0.15) is 0 Å². The number of ketones is 1. The fraction of sp³-hybridized carbons (Fsp3) is 0.316. The number of anilines is 1. The van der Waals surface area contributed by atoms with Crippen LogP contribution in [0.5, 0.6) is 5.75 Å². The maximum Gasteiger partial charge on any atom is 0.313 e. The van der Waals surface area contributed by atoms with Crippen LogP contribution in [-0.2, 0) is 16.0 Å². The van der Waals surface area contributed by atoms with E-state index in [1.54, 1.807) is 31.4 Å². The van der Waals surface area contributed by atoms with Gasteiger partial charge < -0.3 is 15.2 Å². The molecule has 0 unspecified atom stereocenters. The summed E-state index contributed by atoms with van der Waals surface area (Å²) >= 11 is 2.39. The van der Waals surface area contributed by atoms with Gasteiger partial charge in [0.2, 0.25) is 5.91 Å². The van der Waals surface area contributed by atoms with E-state index in [1.165, 1.54) is 11.3 Å². The molecule has 8 heteroatoms. The molecule has 0 fully saturated rings. The predicted octanol–water partition coefficient (Wildman–Crippen LogP) is 3.70. The van der Waals surface area contributed by atoms with Crippen molar-refractivity contribution in [1.82, 2.24) is 0 Å². The third-order valence-corrected chi connectivity index (χ3v) is 5.62. The number of carbonyl (C=O) groups is 3. The zero-order valence-corrected chi connectivity index (χ0v) is 16.7. The predicted molar refractivity (Wildman–Crippen MR) is 108 cm³/mol. The average Bonchev–Trinajstić information content (AvgIpc) is 3.03. The van der Waals surface area contributed by atoms with Crippen LogP contribution in [0.15, 0.2) is 30.3 Å². The summed E-state index contributed by atoms with van der Waals surface area (Å²) in [5.41, 5.74) is 0.956. The van der Waals surface area contributed by atoms with Crippen molar-refractivity contribution in [3.63, 3.8) is 0 Å². The number of carbonyl (C=O) groups excluding carboxylic acids is 2. The highest BCUT2D eigenvalue weighted by molar-refractivity contribution is 8.00. The number of hydrogen-bond acceptors (Lipinski definition) is 6. The first-order valence-electron chi connectivity index (χ1n) is 8.35. The second-order valence-electron chi connectivity index (χ2n) is 5.70. The van der Waals surface area contributed by atoms with Crippen LogP contribution in [0.2, 0.25) is 0 Å². The van der Waals surface area contributed by atoms with Gasteiger partial charge in [0.1, 0.15) is 10.8 Å². The van der Waals surface area contributed by atoms with E-state index in [9.17, 15) is 14.4 Å². The maximum atomic E-state index is 12.9. The van der Waals surface area contributed by atoms with Crippen molar-refractivity contribution in [1.29, 1.82) is 0 Å². The number of thioether (sulfide) groups is 1. The first-order chi connectivity index (χ1) is 12.9. The Morgan fingerprint density at radius 3 is 2.48 bits per heavy atom. The van der Waals surface area contributed by atoms with Gasteiger partial charge in [0.15, 0.2) is 5.78 Å². The topological polar surface area (TPSA) is 92.7 Å². The lowest BCUT2D eigenvalue weighted by Gasteiger charge is -2.06. The minimum atomic E-state index is -0.968. The Hall–Kier alpha value is -2.32. The Balaban J connectivity index is 2.19. The number of aryl methyl sites for hydroxylation is 1. The molecule has 2 rings (SSSR count). The van der Waals surface area contributed by atoms with Crippen LogP contribution >= 0.6 is 23.1 Å². The minimum Gasteiger partial charge on any atom is -0.497 e. The highest BCUT2D eigenvalue weighted by atomic mass is 32.2. The standard InChI is InChI=1S/C19H21NO5S2/c1-3-4-14-9-15(18(24)12-5-7-13(25-2)8-6-12)19(27-14)20-16(21)10-26-11-17(22)23/h5-9H,3-4,10-11H2,1-2H3,(H,20,21)(H,22,23). The molecule has 0 aliphatic heterocycles. The van der Waals surface area contributed by atoms with Gasteiger partial charge in [0, 0.05) is 10.4 Å². The van der Waals surface area contributed by atoms with Gasteiger partial charge >= 0.3 is 5.97 Å². The van der Waals surface area contributed by atoms with Crippen LogP contribution in [0.25, 0.3) is 0 Å². The van der Waals surface area contributed by atoms with E-state index < -0.39 is 5.97 Å². The molecule has 0 radical (unpaired) electrons. The highest BCUT2D eigenvalue weighted by Crippen LogP contribution is 2.31. The van der Waals surface area contributed by atoms with Gasteiger partial charge in [-0.05, 0) is 36.8 Å². The van der Waals surface area contributed by atoms with Crippen molar-refractivity contribution in [2.24, 2.45) is 0 Å². The number of methoxy groups -OCH3 is 1. The number of rotatable bonds is 10. The lowest BCUT2D eigenvalue weighted by Crippen LogP contribution is -2.16. The third kappa shape index (κ3) is 6.11. The van der Waals surface area contributed by atoms with Crippen molar-refractivity contribution in [2.75, 3.05) is 23.9 Å². The molecule has 144 valence electrons. The molecule has 0 saturated carbocycles. The summed E-state index contributed by atoms with van der Waals surface area (Å²) in [5.74, 6) is -0.934. The number of ether oxygens (including phenoxy) is 1. The Labute approximate surface area is 165 Å². The first kappa shape index (κ1) is 21.0. The second-order valence-corrected chi connectivity index (χ2v) is 7.82. The molecule has 6 nitrogen and oxygen atoms in total. The Bertz CT molecular complexity index is 814. The molecule has 1 amide bonds. The van der Waals surface area contributed by atoms with Crippen molar-refractivity contribution < 1.29 is 24.2 Å². The SMILES string of the molecule is CCCc1cc(C(=O)c2ccc(OC)cc2)c(NC(=O)CSCC(=O)O)s1. The van der Waals surface area contributed by atoms with Crippen LogP contribution in [0.4, 0.5) is 5.00 Å². The normalized spacial score (nSPS) is 10.4. The molecule has 0 bridgehead atoms. The molecule has 2 N–H and O–H groups in total. The fourth-order valence-electron chi connectivity index (χ4n) is 2.36. The zero-order valence-electron chi connectivity index (χ0n) is 15.1. The molecule has 1 heterocycles. The monoisotopic (exact) mass is 407 g/mol. The van der Waals surface area contributed by atoms with Crippen LogP contribution < -0.4 is 10.1 Å². The van der Waals surface area contributed by atoms with E-state index in [4.69, 9.17) is 9.84 Å². The summed E-state index contributed by atoms with van der Waals surface area (Å²) in [6, 6.07) is 8.63. The van der Waals surface area contributed by atoms with E-state index in [1.807, 2.05) is 13.0 Å². The molecule has 1 aromatic heterocycles. The number of carboxylic acids is 1. The minimum absolute atomic E-state index is 0.0173. The third-order valence-electron chi connectivity index (χ3n) is 3.59. The molecule has 2 aromatic rings. The summed E-state index contributed by atoms with van der Waals surface area (Å²) < 4.78 is 5.11. The highest BCUT2D eigenvalue weighted by Gasteiger charge is 2.19. The maximum absolute atomic E-state index is 12.9. The summed E-state index contributed by atoms with van der Waals surface area (Å²) in [6.07, 6.45) is 1.75. The van der Waals surface area contributed by atoms with Crippen LogP contribution in [0, 0.1) is 0 Å². The van der Waals surface area contributed by atoms with E-state index >= 15 is 0 Å². The van der Waals surface area contributed by atoms with Gasteiger partial charge in [-0.1, -0.05) is 13.3 Å². The lowest BCUT2D eigenvalue weighted by molar-refractivity contribution is -0.133. The largest absolute Gasteiger partial charge is 0.497 e. The van der Waals surface area contributed by atoms with E-state index in [0.29, 0.717) is 21.9 Å². The quantitative estimate of drug-likeness (QED) is 0.584. The molecule has 27 heavy (non-hydrogen) atoms.